The average Bonchev–Trinajstić information content (AvgIpc) is 3.62. The van der Waals surface area contributed by atoms with Gasteiger partial charge >= 0.3 is 4.87 Å². The third-order valence-electron chi connectivity index (χ3n) is 9.14. The molecular weight excluding hydrogens is 581 g/mol. The minimum Gasteiger partial charge on any atom is -0.506 e. The highest BCUT2D eigenvalue weighted by Gasteiger charge is 2.39. The van der Waals surface area contributed by atoms with Crippen LogP contribution in [0.3, 0.4) is 0 Å². The Labute approximate surface area is 260 Å². The lowest BCUT2D eigenvalue weighted by atomic mass is 9.72. The van der Waals surface area contributed by atoms with E-state index in [9.17, 15) is 19.8 Å². The van der Waals surface area contributed by atoms with E-state index in [4.69, 9.17) is 0 Å². The Bertz CT molecular complexity index is 1640. The first-order valence-electron chi connectivity index (χ1n) is 15.2. The summed E-state index contributed by atoms with van der Waals surface area (Å²) < 4.78 is 0.590. The molecule has 10 heteroatoms. The van der Waals surface area contributed by atoms with Gasteiger partial charge in [-0.05, 0) is 86.9 Å². The summed E-state index contributed by atoms with van der Waals surface area (Å²) in [7, 11) is 0. The van der Waals surface area contributed by atoms with E-state index in [1.165, 1.54) is 22.9 Å². The molecule has 8 nitrogen and oxygen atoms in total. The zero-order chi connectivity index (χ0) is 30.0. The number of aliphatic hydroxyl groups is 1. The number of rotatable bonds is 9. The standard InChI is InChI=1S/C33H40N4O4S2/c1-22-6-9-28(42-22)31(40)37-14-3-11-33(21-37)12-16-36(17-13-33)15-10-23-4-2-5-24(18-23)19-34-20-27(39)25-7-8-26(38)29-30(25)43-32(41)35-29/h2,4-9,18,27,34,38-39H,3,10-17,19-21H2,1H3,(H,35,41)/t27-/m0/s1. The number of H-pyrrole nitrogens is 1. The third-order valence-corrected chi connectivity index (χ3v) is 11.1. The molecule has 4 heterocycles. The van der Waals surface area contributed by atoms with Crippen molar-refractivity contribution in [2.75, 3.05) is 39.3 Å². The summed E-state index contributed by atoms with van der Waals surface area (Å²) in [6, 6.07) is 15.8. The summed E-state index contributed by atoms with van der Waals surface area (Å²) in [5.41, 5.74) is 3.74. The number of fused-ring (bicyclic) bond motifs is 1. The highest BCUT2D eigenvalue weighted by Crippen LogP contribution is 2.40. The van der Waals surface area contributed by atoms with E-state index in [1.54, 1.807) is 17.4 Å². The van der Waals surface area contributed by atoms with E-state index in [0.29, 0.717) is 28.9 Å². The van der Waals surface area contributed by atoms with Gasteiger partial charge in [0.05, 0.1) is 15.7 Å². The van der Waals surface area contributed by atoms with E-state index in [-0.39, 0.29) is 21.9 Å². The summed E-state index contributed by atoms with van der Waals surface area (Å²) in [6.07, 6.45) is 4.82. The molecule has 4 N–H and O–H groups in total. The van der Waals surface area contributed by atoms with Gasteiger partial charge in [-0.15, -0.1) is 11.3 Å². The van der Waals surface area contributed by atoms with E-state index in [2.05, 4.69) is 51.3 Å². The number of hydrogen-bond acceptors (Lipinski definition) is 8. The quantitative estimate of drug-likeness (QED) is 0.209. The maximum Gasteiger partial charge on any atom is 0.305 e. The molecule has 0 unspecified atom stereocenters. The largest absolute Gasteiger partial charge is 0.506 e. The van der Waals surface area contributed by atoms with Crippen molar-refractivity contribution < 1.29 is 15.0 Å². The fourth-order valence-electron chi connectivity index (χ4n) is 6.69. The Hall–Kier alpha value is -3.02. The summed E-state index contributed by atoms with van der Waals surface area (Å²) in [4.78, 5) is 34.0. The van der Waals surface area contributed by atoms with Gasteiger partial charge in [0.15, 0.2) is 0 Å². The number of thiophene rings is 1. The van der Waals surface area contributed by atoms with Crippen molar-refractivity contribution in [3.8, 4) is 5.75 Å². The average molecular weight is 621 g/mol. The maximum atomic E-state index is 13.1. The number of aryl methyl sites for hydroxylation is 1. The number of aromatic nitrogens is 1. The molecule has 0 saturated carbocycles. The molecule has 0 radical (unpaired) electrons. The van der Waals surface area contributed by atoms with Crippen LogP contribution in [0.2, 0.25) is 0 Å². The second-order valence-corrected chi connectivity index (χ2v) is 14.5. The number of aliphatic hydroxyl groups excluding tert-OH is 1. The van der Waals surface area contributed by atoms with Crippen LogP contribution < -0.4 is 10.2 Å². The summed E-state index contributed by atoms with van der Waals surface area (Å²) in [5, 5.41) is 24.1. The Kier molecular flexibility index (Phi) is 9.02. The number of phenols is 1. The number of aromatic hydroxyl groups is 1. The van der Waals surface area contributed by atoms with Gasteiger partial charge in [-0.3, -0.25) is 9.59 Å². The molecule has 2 saturated heterocycles. The summed E-state index contributed by atoms with van der Waals surface area (Å²) in [5.74, 6) is 0.218. The Morgan fingerprint density at radius 3 is 2.67 bits per heavy atom. The molecule has 1 amide bonds. The normalized spacial score (nSPS) is 18.0. The van der Waals surface area contributed by atoms with Crippen LogP contribution in [-0.2, 0) is 13.0 Å². The van der Waals surface area contributed by atoms with E-state index in [1.807, 2.05) is 12.1 Å². The predicted molar refractivity (Wildman–Crippen MR) is 173 cm³/mol. The molecule has 0 aliphatic carbocycles. The molecule has 2 aliphatic heterocycles. The Morgan fingerprint density at radius 2 is 1.88 bits per heavy atom. The van der Waals surface area contributed by atoms with Gasteiger partial charge in [0.25, 0.3) is 5.91 Å². The van der Waals surface area contributed by atoms with Crippen LogP contribution in [0.1, 0.15) is 63.0 Å². The molecule has 43 heavy (non-hydrogen) atoms. The molecule has 6 rings (SSSR count). The molecule has 1 atom stereocenters. The number of amides is 1. The monoisotopic (exact) mass is 620 g/mol. The first kappa shape index (κ1) is 30.0. The number of carbonyl (C=O) groups excluding carboxylic acids is 1. The van der Waals surface area contributed by atoms with Crippen LogP contribution in [0, 0.1) is 12.3 Å². The van der Waals surface area contributed by atoms with Crippen molar-refractivity contribution in [1.82, 2.24) is 20.1 Å². The third kappa shape index (κ3) is 6.89. The van der Waals surface area contributed by atoms with Crippen molar-refractivity contribution in [3.63, 3.8) is 0 Å². The number of aromatic amines is 1. The van der Waals surface area contributed by atoms with Gasteiger partial charge in [0, 0.05) is 43.2 Å². The molecule has 228 valence electrons. The first-order chi connectivity index (χ1) is 20.8. The maximum absolute atomic E-state index is 13.1. The second-order valence-electron chi connectivity index (χ2n) is 12.2. The number of nitrogens with zero attached hydrogens (tertiary/aromatic N) is 2. The fourth-order valence-corrected chi connectivity index (χ4v) is 8.45. The van der Waals surface area contributed by atoms with Crippen LogP contribution >= 0.6 is 22.7 Å². The molecule has 0 bridgehead atoms. The van der Waals surface area contributed by atoms with Gasteiger partial charge in [0.1, 0.15) is 11.3 Å². The SMILES string of the molecule is Cc1ccc(C(=O)N2CCCC3(CCN(CCc4cccc(CNC[C@H](O)c5ccc(O)c6[nH]c(=O)sc56)c4)CC3)C2)s1. The van der Waals surface area contributed by atoms with Gasteiger partial charge < -0.3 is 30.3 Å². The number of nitrogens with one attached hydrogen (secondary N) is 2. The zero-order valence-corrected chi connectivity index (χ0v) is 26.2. The van der Waals surface area contributed by atoms with Gasteiger partial charge in [-0.2, -0.15) is 0 Å². The van der Waals surface area contributed by atoms with Crippen molar-refractivity contribution >= 4 is 38.8 Å². The van der Waals surface area contributed by atoms with Crippen molar-refractivity contribution in [1.29, 1.82) is 0 Å². The highest BCUT2D eigenvalue weighted by molar-refractivity contribution is 7.16. The minimum atomic E-state index is -0.797. The van der Waals surface area contributed by atoms with E-state index < -0.39 is 6.10 Å². The van der Waals surface area contributed by atoms with Crippen molar-refractivity contribution in [2.45, 2.75) is 51.7 Å². The number of thiazole rings is 1. The Balaban J connectivity index is 0.966. The lowest BCUT2D eigenvalue weighted by Crippen LogP contribution is -2.51. The molecule has 4 aromatic rings. The number of carbonyl (C=O) groups is 1. The zero-order valence-electron chi connectivity index (χ0n) is 24.6. The van der Waals surface area contributed by atoms with Gasteiger partial charge in [-0.25, -0.2) is 0 Å². The van der Waals surface area contributed by atoms with Crippen molar-refractivity contribution in [2.24, 2.45) is 5.41 Å². The van der Waals surface area contributed by atoms with Gasteiger partial charge in [0.2, 0.25) is 0 Å². The molecule has 2 aliphatic rings. The molecular formula is C33H40N4O4S2. The highest BCUT2D eigenvalue weighted by atomic mass is 32.1. The number of benzene rings is 2. The number of likely N-dealkylation sites (tertiary alicyclic amines) is 2. The minimum absolute atomic E-state index is 0.00939. The van der Waals surface area contributed by atoms with Crippen molar-refractivity contribution in [3.05, 3.63) is 84.6 Å². The van der Waals surface area contributed by atoms with Crippen LogP contribution in [0.25, 0.3) is 10.2 Å². The smallest absolute Gasteiger partial charge is 0.305 e. The number of phenolic OH excluding ortho intramolecular Hbond substituents is 1. The summed E-state index contributed by atoms with van der Waals surface area (Å²) >= 11 is 2.60. The van der Waals surface area contributed by atoms with E-state index in [0.717, 1.165) is 80.2 Å². The topological polar surface area (TPSA) is 109 Å². The predicted octanol–water partition coefficient (Wildman–Crippen LogP) is 5.05. The number of piperidine rings is 2. The molecule has 2 aromatic heterocycles. The number of hydrogen-bond donors (Lipinski definition) is 4. The molecule has 2 fully saturated rings. The van der Waals surface area contributed by atoms with Crippen LogP contribution in [0.15, 0.2) is 53.3 Å². The molecule has 1 spiro atoms. The second kappa shape index (κ2) is 12.9. The lowest BCUT2D eigenvalue weighted by molar-refractivity contribution is 0.0219. The van der Waals surface area contributed by atoms with Crippen LogP contribution in [0.5, 0.6) is 5.75 Å². The van der Waals surface area contributed by atoms with Crippen LogP contribution in [-0.4, -0.2) is 70.2 Å². The van der Waals surface area contributed by atoms with Gasteiger partial charge in [-0.1, -0.05) is 41.7 Å². The first-order valence-corrected chi connectivity index (χ1v) is 16.8. The molecule has 2 aromatic carbocycles. The van der Waals surface area contributed by atoms with E-state index >= 15 is 0 Å². The van der Waals surface area contributed by atoms with Crippen LogP contribution in [0.4, 0.5) is 0 Å². The fraction of sp³-hybridized carbons (Fsp3) is 0.455. The summed E-state index contributed by atoms with van der Waals surface area (Å²) in [6.45, 7) is 7.98. The lowest BCUT2D eigenvalue weighted by Gasteiger charge is -2.47. The Morgan fingerprint density at radius 1 is 1.07 bits per heavy atom.